The van der Waals surface area contributed by atoms with Gasteiger partial charge in [0, 0.05) is 17.8 Å². The van der Waals surface area contributed by atoms with Crippen LogP contribution in [0.2, 0.25) is 0 Å². The Morgan fingerprint density at radius 2 is 1.60 bits per heavy atom. The topological polar surface area (TPSA) is 70.7 Å². The molecule has 0 saturated heterocycles. The van der Waals surface area contributed by atoms with E-state index < -0.39 is 0 Å². The summed E-state index contributed by atoms with van der Waals surface area (Å²) in [6, 6.07) is 23.5. The highest BCUT2D eigenvalue weighted by Gasteiger charge is 2.20. The standard InChI is InChI=1S/C28H31N3O3S/c1-4-31(22-10-6-5-7-11-22)27(33)24-12-8-9-13-25(24)29-28(35)30-26(32)21-14-16-23(17-15-21)34-19-18-20(2)3/h5-17,20H,4,18-19H2,1-3H3,(H2,29,30,32,35). The smallest absolute Gasteiger partial charge is 0.260 e. The molecule has 0 radical (unpaired) electrons. The molecule has 2 N–H and O–H groups in total. The first-order chi connectivity index (χ1) is 16.9. The van der Waals surface area contributed by atoms with Crippen LogP contribution in [0, 0.1) is 5.92 Å². The summed E-state index contributed by atoms with van der Waals surface area (Å²) in [5.74, 6) is 0.773. The Kier molecular flexibility index (Phi) is 9.38. The summed E-state index contributed by atoms with van der Waals surface area (Å²) in [4.78, 5) is 27.7. The number of hydrogen-bond acceptors (Lipinski definition) is 4. The lowest BCUT2D eigenvalue weighted by atomic mass is 10.1. The predicted molar refractivity (Wildman–Crippen MR) is 145 cm³/mol. The summed E-state index contributed by atoms with van der Waals surface area (Å²) in [5.41, 5.74) is 2.24. The number of hydrogen-bond donors (Lipinski definition) is 2. The maximum Gasteiger partial charge on any atom is 0.260 e. The number of amides is 2. The Morgan fingerprint density at radius 3 is 2.26 bits per heavy atom. The number of para-hydroxylation sites is 2. The molecule has 182 valence electrons. The maximum atomic E-state index is 13.3. The summed E-state index contributed by atoms with van der Waals surface area (Å²) in [6.07, 6.45) is 0.966. The summed E-state index contributed by atoms with van der Waals surface area (Å²) >= 11 is 5.36. The number of nitrogens with zero attached hydrogens (tertiary/aromatic N) is 1. The summed E-state index contributed by atoms with van der Waals surface area (Å²) < 4.78 is 5.70. The molecule has 0 aromatic heterocycles. The highest BCUT2D eigenvalue weighted by Crippen LogP contribution is 2.22. The fourth-order valence-electron chi connectivity index (χ4n) is 3.42. The molecule has 0 aliphatic rings. The van der Waals surface area contributed by atoms with E-state index in [0.717, 1.165) is 12.1 Å². The van der Waals surface area contributed by atoms with Gasteiger partial charge < -0.3 is 15.0 Å². The van der Waals surface area contributed by atoms with Gasteiger partial charge in [-0.15, -0.1) is 0 Å². The van der Waals surface area contributed by atoms with E-state index in [0.29, 0.717) is 41.6 Å². The molecule has 2 amide bonds. The van der Waals surface area contributed by atoms with Gasteiger partial charge in [-0.25, -0.2) is 0 Å². The van der Waals surface area contributed by atoms with Crippen molar-refractivity contribution in [2.24, 2.45) is 5.92 Å². The molecule has 0 aliphatic carbocycles. The number of thiocarbonyl (C=S) groups is 1. The van der Waals surface area contributed by atoms with E-state index >= 15 is 0 Å². The van der Waals surface area contributed by atoms with Crippen LogP contribution in [0.15, 0.2) is 78.9 Å². The van der Waals surface area contributed by atoms with E-state index in [1.807, 2.05) is 37.3 Å². The Bertz CT molecular complexity index is 1150. The van der Waals surface area contributed by atoms with Crippen molar-refractivity contribution < 1.29 is 14.3 Å². The summed E-state index contributed by atoms with van der Waals surface area (Å²) in [7, 11) is 0. The Balaban J connectivity index is 1.64. The minimum absolute atomic E-state index is 0.107. The zero-order chi connectivity index (χ0) is 25.2. The number of nitrogens with one attached hydrogen (secondary N) is 2. The van der Waals surface area contributed by atoms with Crippen LogP contribution in [-0.2, 0) is 0 Å². The molecule has 0 spiro atoms. The van der Waals surface area contributed by atoms with Crippen molar-refractivity contribution in [3.05, 3.63) is 90.0 Å². The van der Waals surface area contributed by atoms with E-state index in [4.69, 9.17) is 17.0 Å². The summed E-state index contributed by atoms with van der Waals surface area (Å²) in [5, 5.41) is 5.79. The molecular formula is C28H31N3O3S. The minimum atomic E-state index is -0.348. The Labute approximate surface area is 212 Å². The van der Waals surface area contributed by atoms with Crippen molar-refractivity contribution in [1.82, 2.24) is 5.32 Å². The average molecular weight is 490 g/mol. The molecule has 0 atom stereocenters. The molecule has 0 heterocycles. The Morgan fingerprint density at radius 1 is 0.943 bits per heavy atom. The van der Waals surface area contributed by atoms with Gasteiger partial charge in [-0.2, -0.15) is 0 Å². The van der Waals surface area contributed by atoms with Crippen LogP contribution >= 0.6 is 12.2 Å². The fourth-order valence-corrected chi connectivity index (χ4v) is 3.62. The number of benzene rings is 3. The lowest BCUT2D eigenvalue weighted by molar-refractivity contribution is 0.0974. The van der Waals surface area contributed by atoms with Gasteiger partial charge in [0.05, 0.1) is 17.9 Å². The Hall–Kier alpha value is -3.71. The third-order valence-corrected chi connectivity index (χ3v) is 5.55. The second-order valence-corrected chi connectivity index (χ2v) is 8.80. The molecule has 0 bridgehead atoms. The van der Waals surface area contributed by atoms with E-state index in [2.05, 4.69) is 24.5 Å². The molecule has 0 fully saturated rings. The van der Waals surface area contributed by atoms with Crippen LogP contribution in [-0.4, -0.2) is 30.1 Å². The number of anilines is 2. The number of rotatable bonds is 9. The number of carbonyl (C=O) groups excluding carboxylic acids is 2. The molecule has 7 heteroatoms. The van der Waals surface area contributed by atoms with Crippen LogP contribution < -0.4 is 20.3 Å². The highest BCUT2D eigenvalue weighted by atomic mass is 32.1. The van der Waals surface area contributed by atoms with Crippen LogP contribution in [0.1, 0.15) is 47.9 Å². The third kappa shape index (κ3) is 7.39. The van der Waals surface area contributed by atoms with Gasteiger partial charge in [0.1, 0.15) is 5.75 Å². The fraction of sp³-hybridized carbons (Fsp3) is 0.250. The summed E-state index contributed by atoms with van der Waals surface area (Å²) in [6.45, 7) is 7.35. The van der Waals surface area contributed by atoms with Crippen molar-refractivity contribution in [3.8, 4) is 5.75 Å². The van der Waals surface area contributed by atoms with Gasteiger partial charge in [-0.3, -0.25) is 14.9 Å². The molecule has 3 rings (SSSR count). The molecule has 3 aromatic carbocycles. The zero-order valence-electron chi connectivity index (χ0n) is 20.3. The number of ether oxygens (including phenoxy) is 1. The first-order valence-electron chi connectivity index (χ1n) is 11.7. The molecule has 0 aliphatic heterocycles. The molecular weight excluding hydrogens is 458 g/mol. The van der Waals surface area contributed by atoms with E-state index in [1.165, 1.54) is 0 Å². The second-order valence-electron chi connectivity index (χ2n) is 8.39. The van der Waals surface area contributed by atoms with Gasteiger partial charge in [-0.05, 0) is 80.0 Å². The van der Waals surface area contributed by atoms with Gasteiger partial charge in [0.25, 0.3) is 11.8 Å². The number of carbonyl (C=O) groups is 2. The van der Waals surface area contributed by atoms with Crippen molar-refractivity contribution in [2.45, 2.75) is 27.2 Å². The lowest BCUT2D eigenvalue weighted by Gasteiger charge is -2.23. The van der Waals surface area contributed by atoms with Crippen LogP contribution in [0.25, 0.3) is 0 Å². The van der Waals surface area contributed by atoms with Crippen LogP contribution in [0.5, 0.6) is 5.75 Å². The van der Waals surface area contributed by atoms with Crippen molar-refractivity contribution in [1.29, 1.82) is 0 Å². The quantitative estimate of drug-likeness (QED) is 0.366. The largest absolute Gasteiger partial charge is 0.494 e. The third-order valence-electron chi connectivity index (χ3n) is 5.34. The van der Waals surface area contributed by atoms with Crippen molar-refractivity contribution in [3.63, 3.8) is 0 Å². The van der Waals surface area contributed by atoms with E-state index in [-0.39, 0.29) is 16.9 Å². The van der Waals surface area contributed by atoms with Crippen molar-refractivity contribution in [2.75, 3.05) is 23.4 Å². The van der Waals surface area contributed by atoms with Crippen molar-refractivity contribution >= 4 is 40.5 Å². The highest BCUT2D eigenvalue weighted by molar-refractivity contribution is 7.80. The van der Waals surface area contributed by atoms with Crippen LogP contribution in [0.3, 0.4) is 0 Å². The van der Waals surface area contributed by atoms with Gasteiger partial charge >= 0.3 is 0 Å². The average Bonchev–Trinajstić information content (AvgIpc) is 2.85. The minimum Gasteiger partial charge on any atom is -0.494 e. The predicted octanol–water partition coefficient (Wildman–Crippen LogP) is 5.91. The second kappa shape index (κ2) is 12.7. The first-order valence-corrected chi connectivity index (χ1v) is 12.1. The molecule has 3 aromatic rings. The van der Waals surface area contributed by atoms with Gasteiger partial charge in [-0.1, -0.05) is 44.2 Å². The maximum absolute atomic E-state index is 13.3. The van der Waals surface area contributed by atoms with E-state index in [1.54, 1.807) is 53.4 Å². The van der Waals surface area contributed by atoms with Gasteiger partial charge in [0.2, 0.25) is 0 Å². The van der Waals surface area contributed by atoms with Gasteiger partial charge in [0.15, 0.2) is 5.11 Å². The van der Waals surface area contributed by atoms with Crippen LogP contribution in [0.4, 0.5) is 11.4 Å². The first kappa shape index (κ1) is 25.9. The molecule has 0 saturated carbocycles. The molecule has 35 heavy (non-hydrogen) atoms. The zero-order valence-corrected chi connectivity index (χ0v) is 21.1. The SMILES string of the molecule is CCN(C(=O)c1ccccc1NC(=S)NC(=O)c1ccc(OCCC(C)C)cc1)c1ccccc1. The molecule has 0 unspecified atom stereocenters. The molecule has 6 nitrogen and oxygen atoms in total. The normalized spacial score (nSPS) is 10.5. The lowest BCUT2D eigenvalue weighted by Crippen LogP contribution is -2.35. The monoisotopic (exact) mass is 489 g/mol. The van der Waals surface area contributed by atoms with E-state index in [9.17, 15) is 9.59 Å².